The van der Waals surface area contributed by atoms with Gasteiger partial charge in [0.15, 0.2) is 0 Å². The van der Waals surface area contributed by atoms with Crippen LogP contribution in [0.1, 0.15) is 54.0 Å². The van der Waals surface area contributed by atoms with Crippen molar-refractivity contribution in [1.29, 1.82) is 0 Å². The highest BCUT2D eigenvalue weighted by Gasteiger charge is 2.21. The third kappa shape index (κ3) is 14.5. The number of nitrogens with one attached hydrogen (secondary N) is 2. The number of benzene rings is 1. The fourth-order valence-electron chi connectivity index (χ4n) is 1.66. The molecule has 0 aliphatic rings. The molecular weight excluding hydrogens is 360 g/mol. The number of ether oxygens (including phenoxy) is 2. The third-order valence-electron chi connectivity index (χ3n) is 2.50. The fourth-order valence-corrected chi connectivity index (χ4v) is 1.66. The molecule has 0 atom stereocenters. The van der Waals surface area contributed by atoms with Gasteiger partial charge in [-0.2, -0.15) is 0 Å². The van der Waals surface area contributed by atoms with E-state index in [1.807, 2.05) is 37.3 Å². The van der Waals surface area contributed by atoms with Crippen LogP contribution in [-0.4, -0.2) is 35.9 Å². The second-order valence-electron chi connectivity index (χ2n) is 7.81. The maximum Gasteiger partial charge on any atom is 0.414 e. The quantitative estimate of drug-likeness (QED) is 0.524. The summed E-state index contributed by atoms with van der Waals surface area (Å²) in [7, 11) is 0. The first kappa shape index (κ1) is 25.4. The van der Waals surface area contributed by atoms with Crippen LogP contribution in [0.25, 0.3) is 0 Å². The zero-order valence-corrected chi connectivity index (χ0v) is 18.0. The Morgan fingerprint density at radius 1 is 0.929 bits per heavy atom. The summed E-state index contributed by atoms with van der Waals surface area (Å²) < 4.78 is 10.4. The maximum atomic E-state index is 11.9. The minimum absolute atomic E-state index is 0.0349. The van der Waals surface area contributed by atoms with Crippen molar-refractivity contribution >= 4 is 18.1 Å². The number of guanidine groups is 1. The van der Waals surface area contributed by atoms with Gasteiger partial charge in [0.25, 0.3) is 0 Å². The molecule has 158 valence electrons. The Morgan fingerprint density at radius 2 is 1.32 bits per heavy atom. The number of hydrogen-bond donors (Lipinski definition) is 3. The van der Waals surface area contributed by atoms with Crippen LogP contribution in [-0.2, 0) is 16.0 Å². The van der Waals surface area contributed by atoms with E-state index in [1.54, 1.807) is 41.5 Å². The molecule has 0 aliphatic carbocycles. The molecule has 0 unspecified atom stereocenters. The van der Waals surface area contributed by atoms with Gasteiger partial charge < -0.3 is 15.2 Å². The lowest BCUT2D eigenvalue weighted by Crippen LogP contribution is -2.47. The molecule has 8 nitrogen and oxygen atoms in total. The number of carbonyl (C=O) groups excluding carboxylic acids is 2. The SMILES string of the molecule is CC(C)(C)OC(=O)NC(=NCc1ccccc1)NC(=O)OC(C)(C)C.CCN. The average molecular weight is 395 g/mol. The predicted octanol–water partition coefficient (Wildman–Crippen LogP) is 3.56. The van der Waals surface area contributed by atoms with Crippen LogP contribution in [0.15, 0.2) is 35.3 Å². The first-order valence-electron chi connectivity index (χ1n) is 9.14. The van der Waals surface area contributed by atoms with Crippen molar-refractivity contribution in [3.63, 3.8) is 0 Å². The third-order valence-corrected chi connectivity index (χ3v) is 2.50. The van der Waals surface area contributed by atoms with E-state index in [1.165, 1.54) is 0 Å². The van der Waals surface area contributed by atoms with Gasteiger partial charge in [-0.15, -0.1) is 0 Å². The van der Waals surface area contributed by atoms with Gasteiger partial charge in [-0.25, -0.2) is 14.6 Å². The maximum absolute atomic E-state index is 11.9. The first-order valence-corrected chi connectivity index (χ1v) is 9.14. The topological polar surface area (TPSA) is 115 Å². The molecule has 0 heterocycles. The van der Waals surface area contributed by atoms with E-state index in [2.05, 4.69) is 15.6 Å². The van der Waals surface area contributed by atoms with Crippen molar-refractivity contribution in [1.82, 2.24) is 10.6 Å². The molecule has 1 rings (SSSR count). The molecule has 0 spiro atoms. The van der Waals surface area contributed by atoms with E-state index in [0.29, 0.717) is 0 Å². The number of nitrogens with zero attached hydrogens (tertiary/aromatic N) is 1. The van der Waals surface area contributed by atoms with Crippen LogP contribution in [0.3, 0.4) is 0 Å². The van der Waals surface area contributed by atoms with E-state index < -0.39 is 23.4 Å². The minimum Gasteiger partial charge on any atom is -0.444 e. The number of alkyl carbamates (subject to hydrolysis) is 2. The van der Waals surface area contributed by atoms with Crippen molar-refractivity contribution in [2.24, 2.45) is 10.7 Å². The van der Waals surface area contributed by atoms with Crippen LogP contribution >= 0.6 is 0 Å². The summed E-state index contributed by atoms with van der Waals surface area (Å²) >= 11 is 0. The van der Waals surface area contributed by atoms with Crippen LogP contribution in [0.5, 0.6) is 0 Å². The standard InChI is InChI=1S/C18H27N3O4.C2H7N/c1-17(2,3)24-15(22)20-14(21-16(23)25-18(4,5)6)19-12-13-10-8-7-9-11-13;1-2-3/h7-11H,12H2,1-6H3,(H2,19,20,21,22,23);2-3H2,1H3. The molecule has 28 heavy (non-hydrogen) atoms. The van der Waals surface area contributed by atoms with Crippen molar-refractivity contribution in [3.8, 4) is 0 Å². The number of aliphatic imine (C=N–C) groups is 1. The molecule has 0 fully saturated rings. The van der Waals surface area contributed by atoms with E-state index in [9.17, 15) is 9.59 Å². The monoisotopic (exact) mass is 394 g/mol. The second-order valence-corrected chi connectivity index (χ2v) is 7.81. The van der Waals surface area contributed by atoms with Crippen molar-refractivity contribution in [3.05, 3.63) is 35.9 Å². The first-order chi connectivity index (χ1) is 12.9. The Kier molecular flexibility index (Phi) is 10.9. The molecule has 2 amide bonds. The zero-order valence-electron chi connectivity index (χ0n) is 18.0. The fraction of sp³-hybridized carbons (Fsp3) is 0.550. The molecule has 0 radical (unpaired) electrons. The van der Waals surface area contributed by atoms with Crippen molar-refractivity contribution < 1.29 is 19.1 Å². The largest absolute Gasteiger partial charge is 0.444 e. The summed E-state index contributed by atoms with van der Waals surface area (Å²) in [5.41, 5.74) is 4.44. The lowest BCUT2D eigenvalue weighted by atomic mass is 10.2. The van der Waals surface area contributed by atoms with Crippen molar-refractivity contribution in [2.75, 3.05) is 6.54 Å². The molecule has 0 saturated heterocycles. The minimum atomic E-state index is -0.713. The Balaban J connectivity index is 0.00000227. The van der Waals surface area contributed by atoms with Crippen molar-refractivity contribution in [2.45, 2.75) is 66.2 Å². The number of amides is 2. The van der Waals surface area contributed by atoms with Crippen LogP contribution in [0.2, 0.25) is 0 Å². The molecule has 4 N–H and O–H groups in total. The lowest BCUT2D eigenvalue weighted by Gasteiger charge is -2.22. The summed E-state index contributed by atoms with van der Waals surface area (Å²) in [4.78, 5) is 28.1. The van der Waals surface area contributed by atoms with E-state index in [-0.39, 0.29) is 12.5 Å². The van der Waals surface area contributed by atoms with Gasteiger partial charge >= 0.3 is 12.2 Å². The summed E-state index contributed by atoms with van der Waals surface area (Å²) in [5, 5.41) is 4.87. The van der Waals surface area contributed by atoms with Gasteiger partial charge in [0.05, 0.1) is 6.54 Å². The van der Waals surface area contributed by atoms with Gasteiger partial charge in [-0.1, -0.05) is 37.3 Å². The number of hydrogen-bond acceptors (Lipinski definition) is 6. The highest BCUT2D eigenvalue weighted by atomic mass is 16.6. The lowest BCUT2D eigenvalue weighted by molar-refractivity contribution is 0.0545. The smallest absolute Gasteiger partial charge is 0.414 e. The van der Waals surface area contributed by atoms with Crippen LogP contribution in [0, 0.1) is 0 Å². The Labute approximate surface area is 167 Å². The Bertz CT molecular complexity index is 600. The number of nitrogens with two attached hydrogens (primary N) is 1. The average Bonchev–Trinajstić information content (AvgIpc) is 2.50. The Hall–Kier alpha value is -2.61. The molecule has 1 aromatic rings. The molecule has 8 heteroatoms. The van der Waals surface area contributed by atoms with Gasteiger partial charge in [-0.3, -0.25) is 10.6 Å². The van der Waals surface area contributed by atoms with Gasteiger partial charge in [-0.05, 0) is 53.7 Å². The van der Waals surface area contributed by atoms with E-state index in [4.69, 9.17) is 15.2 Å². The molecule has 0 bridgehead atoms. The van der Waals surface area contributed by atoms with E-state index in [0.717, 1.165) is 12.1 Å². The normalized spacial score (nSPS) is 10.7. The van der Waals surface area contributed by atoms with E-state index >= 15 is 0 Å². The highest BCUT2D eigenvalue weighted by molar-refractivity contribution is 6.01. The van der Waals surface area contributed by atoms with Gasteiger partial charge in [0, 0.05) is 0 Å². The summed E-state index contributed by atoms with van der Waals surface area (Å²) in [5.74, 6) is -0.0349. The summed E-state index contributed by atoms with van der Waals surface area (Å²) in [6.45, 7) is 13.4. The molecule has 0 saturated carbocycles. The van der Waals surface area contributed by atoms with Crippen LogP contribution in [0.4, 0.5) is 9.59 Å². The predicted molar refractivity (Wildman–Crippen MR) is 111 cm³/mol. The number of carbonyl (C=O) groups is 2. The van der Waals surface area contributed by atoms with Gasteiger partial charge in [0.1, 0.15) is 11.2 Å². The summed E-state index contributed by atoms with van der Waals surface area (Å²) in [6, 6.07) is 9.44. The molecule has 0 aliphatic heterocycles. The molecule has 0 aromatic heterocycles. The summed E-state index contributed by atoms with van der Waals surface area (Å²) in [6.07, 6.45) is -1.43. The van der Waals surface area contributed by atoms with Crippen LogP contribution < -0.4 is 16.4 Å². The Morgan fingerprint density at radius 3 is 1.68 bits per heavy atom. The number of rotatable bonds is 2. The molecule has 1 aromatic carbocycles. The molecular formula is C20H34N4O4. The second kappa shape index (κ2) is 12.0. The van der Waals surface area contributed by atoms with Gasteiger partial charge in [0.2, 0.25) is 5.96 Å². The highest BCUT2D eigenvalue weighted by Crippen LogP contribution is 2.08. The zero-order chi connectivity index (χ0) is 21.8.